The maximum atomic E-state index is 9.35. The molecule has 1 unspecified atom stereocenters. The molecular weight excluding hydrogens is 406 g/mol. The third-order valence-corrected chi connectivity index (χ3v) is 4.62. The van der Waals surface area contributed by atoms with Gasteiger partial charge in [0.25, 0.3) is 0 Å². The summed E-state index contributed by atoms with van der Waals surface area (Å²) >= 11 is 9.76. The van der Waals surface area contributed by atoms with Gasteiger partial charge in [-0.3, -0.25) is 0 Å². The Hall–Kier alpha value is -1.27. The Bertz CT molecular complexity index is 694. The van der Waals surface area contributed by atoms with Gasteiger partial charge in [0.2, 0.25) is 0 Å². The molecule has 0 bridgehead atoms. The van der Waals surface area contributed by atoms with Crippen LogP contribution in [0.1, 0.15) is 25.0 Å². The van der Waals surface area contributed by atoms with E-state index in [-0.39, 0.29) is 6.10 Å². The fourth-order valence-corrected chi connectivity index (χ4v) is 2.93. The van der Waals surface area contributed by atoms with E-state index < -0.39 is 0 Å². The van der Waals surface area contributed by atoms with Crippen molar-refractivity contribution in [1.82, 2.24) is 5.32 Å². The number of halogens is 2. The normalized spacial score (nSPS) is 12.0. The maximum Gasteiger partial charge on any atom is 0.162 e. The van der Waals surface area contributed by atoms with Crippen molar-refractivity contribution in [2.75, 3.05) is 13.2 Å². The number of aliphatic hydroxyl groups excluding tert-OH is 1. The SMILES string of the molecule is CCOc1cc(CNCC(C)O)c(Br)cc1OCc1ccccc1Cl. The lowest BCUT2D eigenvalue weighted by Crippen LogP contribution is -2.24. The molecule has 2 rings (SSSR count). The van der Waals surface area contributed by atoms with Crippen molar-refractivity contribution in [2.45, 2.75) is 33.1 Å². The van der Waals surface area contributed by atoms with E-state index in [2.05, 4.69) is 21.2 Å². The molecule has 0 fully saturated rings. The molecule has 2 aromatic carbocycles. The van der Waals surface area contributed by atoms with Crippen LogP contribution in [-0.2, 0) is 13.2 Å². The predicted molar refractivity (Wildman–Crippen MR) is 104 cm³/mol. The molecule has 0 aromatic heterocycles. The number of nitrogens with one attached hydrogen (secondary N) is 1. The molecule has 0 spiro atoms. The molecule has 0 aliphatic heterocycles. The van der Waals surface area contributed by atoms with E-state index in [4.69, 9.17) is 21.1 Å². The second-order valence-corrected chi connectivity index (χ2v) is 6.94. The van der Waals surface area contributed by atoms with Crippen LogP contribution >= 0.6 is 27.5 Å². The molecule has 2 N–H and O–H groups in total. The first kappa shape index (κ1) is 20.0. The molecule has 0 heterocycles. The molecule has 0 radical (unpaired) electrons. The van der Waals surface area contributed by atoms with Crippen molar-refractivity contribution in [2.24, 2.45) is 0 Å². The molecular formula is C19H23BrClNO3. The maximum absolute atomic E-state index is 9.35. The highest BCUT2D eigenvalue weighted by Gasteiger charge is 2.12. The van der Waals surface area contributed by atoms with Gasteiger partial charge in [-0.15, -0.1) is 0 Å². The zero-order chi connectivity index (χ0) is 18.2. The lowest BCUT2D eigenvalue weighted by atomic mass is 10.2. The summed E-state index contributed by atoms with van der Waals surface area (Å²) in [7, 11) is 0. The second kappa shape index (κ2) is 10.0. The summed E-state index contributed by atoms with van der Waals surface area (Å²) < 4.78 is 12.6. The first-order chi connectivity index (χ1) is 12.0. The largest absolute Gasteiger partial charge is 0.490 e. The van der Waals surface area contributed by atoms with E-state index in [1.807, 2.05) is 43.3 Å². The van der Waals surface area contributed by atoms with Gasteiger partial charge in [0, 0.05) is 28.1 Å². The molecule has 0 aliphatic carbocycles. The van der Waals surface area contributed by atoms with Crippen molar-refractivity contribution in [3.8, 4) is 11.5 Å². The first-order valence-corrected chi connectivity index (χ1v) is 9.38. The van der Waals surface area contributed by atoms with Gasteiger partial charge in [-0.05, 0) is 37.6 Å². The lowest BCUT2D eigenvalue weighted by Gasteiger charge is -2.16. The molecule has 0 aliphatic rings. The Morgan fingerprint density at radius 3 is 2.56 bits per heavy atom. The highest BCUT2D eigenvalue weighted by atomic mass is 79.9. The summed E-state index contributed by atoms with van der Waals surface area (Å²) in [6, 6.07) is 11.5. The first-order valence-electron chi connectivity index (χ1n) is 8.21. The fourth-order valence-electron chi connectivity index (χ4n) is 2.28. The van der Waals surface area contributed by atoms with Crippen LogP contribution in [0.2, 0.25) is 5.02 Å². The van der Waals surface area contributed by atoms with E-state index in [0.29, 0.717) is 42.8 Å². The van der Waals surface area contributed by atoms with Crippen LogP contribution in [0.5, 0.6) is 11.5 Å². The van der Waals surface area contributed by atoms with Crippen LogP contribution < -0.4 is 14.8 Å². The van der Waals surface area contributed by atoms with Crippen LogP contribution in [0.4, 0.5) is 0 Å². The summed E-state index contributed by atoms with van der Waals surface area (Å²) in [5.74, 6) is 1.35. The van der Waals surface area contributed by atoms with Gasteiger partial charge in [0.05, 0.1) is 12.7 Å². The molecule has 0 saturated carbocycles. The number of benzene rings is 2. The minimum atomic E-state index is -0.386. The van der Waals surface area contributed by atoms with Gasteiger partial charge < -0.3 is 19.9 Å². The minimum Gasteiger partial charge on any atom is -0.490 e. The standard InChI is InChI=1S/C19H23BrClNO3/c1-3-24-18-8-15(11-22-10-13(2)23)16(20)9-19(18)25-12-14-6-4-5-7-17(14)21/h4-9,13,22-23H,3,10-12H2,1-2H3. The monoisotopic (exact) mass is 427 g/mol. The third kappa shape index (κ3) is 6.19. The third-order valence-electron chi connectivity index (χ3n) is 3.51. The average molecular weight is 429 g/mol. The summed E-state index contributed by atoms with van der Waals surface area (Å²) in [6.45, 7) is 5.75. The van der Waals surface area contributed by atoms with E-state index >= 15 is 0 Å². The number of hydrogen-bond acceptors (Lipinski definition) is 4. The van der Waals surface area contributed by atoms with E-state index in [1.54, 1.807) is 6.92 Å². The van der Waals surface area contributed by atoms with Gasteiger partial charge in [-0.2, -0.15) is 0 Å². The van der Waals surface area contributed by atoms with Gasteiger partial charge >= 0.3 is 0 Å². The van der Waals surface area contributed by atoms with Gasteiger partial charge in [0.1, 0.15) is 6.61 Å². The summed E-state index contributed by atoms with van der Waals surface area (Å²) in [5.41, 5.74) is 1.96. The van der Waals surface area contributed by atoms with E-state index in [9.17, 15) is 5.11 Å². The lowest BCUT2D eigenvalue weighted by molar-refractivity contribution is 0.191. The van der Waals surface area contributed by atoms with Crippen LogP contribution in [0.15, 0.2) is 40.9 Å². The average Bonchev–Trinajstić information content (AvgIpc) is 2.57. The van der Waals surface area contributed by atoms with Crippen molar-refractivity contribution in [3.05, 3.63) is 57.0 Å². The highest BCUT2D eigenvalue weighted by molar-refractivity contribution is 9.10. The van der Waals surface area contributed by atoms with Crippen LogP contribution in [0.25, 0.3) is 0 Å². The molecule has 2 aromatic rings. The Morgan fingerprint density at radius 2 is 1.88 bits per heavy atom. The Morgan fingerprint density at radius 1 is 1.16 bits per heavy atom. The quantitative estimate of drug-likeness (QED) is 0.615. The van der Waals surface area contributed by atoms with Gasteiger partial charge in [-0.1, -0.05) is 45.7 Å². The van der Waals surface area contributed by atoms with Crippen molar-refractivity contribution in [3.63, 3.8) is 0 Å². The summed E-state index contributed by atoms with van der Waals surface area (Å²) in [5, 5.41) is 13.2. The number of ether oxygens (including phenoxy) is 2. The minimum absolute atomic E-state index is 0.367. The predicted octanol–water partition coefficient (Wildman–Crippen LogP) is 4.55. The van der Waals surface area contributed by atoms with Crippen LogP contribution in [0.3, 0.4) is 0 Å². The summed E-state index contributed by atoms with van der Waals surface area (Å²) in [6.07, 6.45) is -0.386. The number of rotatable bonds is 9. The smallest absolute Gasteiger partial charge is 0.162 e. The zero-order valence-electron chi connectivity index (χ0n) is 14.4. The fraction of sp³-hybridized carbons (Fsp3) is 0.368. The molecule has 136 valence electrons. The Labute approximate surface area is 162 Å². The van der Waals surface area contributed by atoms with Crippen LogP contribution in [0, 0.1) is 0 Å². The number of aliphatic hydroxyl groups is 1. The van der Waals surface area contributed by atoms with Crippen molar-refractivity contribution >= 4 is 27.5 Å². The molecule has 1 atom stereocenters. The van der Waals surface area contributed by atoms with Crippen LogP contribution in [-0.4, -0.2) is 24.4 Å². The molecule has 25 heavy (non-hydrogen) atoms. The van der Waals surface area contributed by atoms with E-state index in [1.165, 1.54) is 0 Å². The Balaban J connectivity index is 2.13. The molecule has 6 heteroatoms. The van der Waals surface area contributed by atoms with Gasteiger partial charge in [-0.25, -0.2) is 0 Å². The second-order valence-electron chi connectivity index (χ2n) is 5.68. The molecule has 0 amide bonds. The number of hydrogen-bond donors (Lipinski definition) is 2. The topological polar surface area (TPSA) is 50.7 Å². The summed E-state index contributed by atoms with van der Waals surface area (Å²) in [4.78, 5) is 0. The van der Waals surface area contributed by atoms with Crippen molar-refractivity contribution in [1.29, 1.82) is 0 Å². The van der Waals surface area contributed by atoms with Crippen molar-refractivity contribution < 1.29 is 14.6 Å². The molecule has 4 nitrogen and oxygen atoms in total. The zero-order valence-corrected chi connectivity index (χ0v) is 16.7. The highest BCUT2D eigenvalue weighted by Crippen LogP contribution is 2.34. The molecule has 0 saturated heterocycles. The van der Waals surface area contributed by atoms with E-state index in [0.717, 1.165) is 15.6 Å². The van der Waals surface area contributed by atoms with Gasteiger partial charge in [0.15, 0.2) is 11.5 Å². The Kier molecular flexibility index (Phi) is 8.03.